The zero-order chi connectivity index (χ0) is 17.9. The normalized spacial score (nSPS) is 12.6. The highest BCUT2D eigenvalue weighted by molar-refractivity contribution is 9.10. The second-order valence-electron chi connectivity index (χ2n) is 4.83. The van der Waals surface area contributed by atoms with E-state index in [4.69, 9.17) is 15.2 Å². The molecule has 0 heterocycles. The van der Waals surface area contributed by atoms with Crippen LogP contribution in [0.4, 0.5) is 13.2 Å². The molecule has 130 valence electrons. The summed E-state index contributed by atoms with van der Waals surface area (Å²) in [6.45, 7) is 0. The summed E-state index contributed by atoms with van der Waals surface area (Å²) in [6, 6.07) is 8.29. The van der Waals surface area contributed by atoms with Gasteiger partial charge in [-0.1, -0.05) is 12.1 Å². The molecule has 4 nitrogen and oxygen atoms in total. The molecule has 1 atom stereocenters. The van der Waals surface area contributed by atoms with E-state index in [0.717, 1.165) is 0 Å². The average Bonchev–Trinajstić information content (AvgIpc) is 2.53. The minimum atomic E-state index is -4.73. The van der Waals surface area contributed by atoms with E-state index in [1.165, 1.54) is 38.5 Å². The Kier molecular flexibility index (Phi) is 5.61. The van der Waals surface area contributed by atoms with Crippen LogP contribution in [0.3, 0.4) is 0 Å². The SMILES string of the molecule is COc1cc([C@H](N)c2ccc(OC(F)(F)F)cc2)cc(OC)c1Br. The first-order chi connectivity index (χ1) is 11.2. The maximum atomic E-state index is 12.2. The minimum Gasteiger partial charge on any atom is -0.495 e. The first kappa shape index (κ1) is 18.4. The smallest absolute Gasteiger partial charge is 0.495 e. The van der Waals surface area contributed by atoms with Gasteiger partial charge in [0.05, 0.1) is 20.3 Å². The number of hydrogen-bond donors (Lipinski definition) is 1. The fourth-order valence-corrected chi connectivity index (χ4v) is 2.69. The van der Waals surface area contributed by atoms with Gasteiger partial charge in [0.1, 0.15) is 21.7 Å². The summed E-state index contributed by atoms with van der Waals surface area (Å²) in [5.74, 6) is 0.776. The van der Waals surface area contributed by atoms with E-state index >= 15 is 0 Å². The van der Waals surface area contributed by atoms with Crippen molar-refractivity contribution in [1.29, 1.82) is 0 Å². The fourth-order valence-electron chi connectivity index (χ4n) is 2.14. The van der Waals surface area contributed by atoms with Gasteiger partial charge >= 0.3 is 6.36 Å². The molecular formula is C16H15BrF3NO3. The van der Waals surface area contributed by atoms with Crippen molar-refractivity contribution in [2.24, 2.45) is 5.73 Å². The molecule has 0 saturated carbocycles. The summed E-state index contributed by atoms with van der Waals surface area (Å²) in [6.07, 6.45) is -4.73. The van der Waals surface area contributed by atoms with Gasteiger partial charge in [-0.25, -0.2) is 0 Å². The lowest BCUT2D eigenvalue weighted by Crippen LogP contribution is -2.17. The Balaban J connectivity index is 2.30. The van der Waals surface area contributed by atoms with E-state index in [9.17, 15) is 13.2 Å². The zero-order valence-electron chi connectivity index (χ0n) is 12.9. The Morgan fingerprint density at radius 3 is 1.88 bits per heavy atom. The molecule has 0 amide bonds. The van der Waals surface area contributed by atoms with Gasteiger partial charge in [-0.05, 0) is 51.3 Å². The number of halogens is 4. The molecule has 2 N–H and O–H groups in total. The lowest BCUT2D eigenvalue weighted by Gasteiger charge is -2.17. The molecule has 0 spiro atoms. The summed E-state index contributed by atoms with van der Waals surface area (Å²) < 4.78 is 51.6. The standard InChI is InChI=1S/C16H15BrF3NO3/c1-22-12-7-10(8-13(23-2)14(12)17)15(21)9-3-5-11(6-4-9)24-16(18,19)20/h3-8,15H,21H2,1-2H3/t15-/m1/s1. The van der Waals surface area contributed by atoms with Gasteiger partial charge < -0.3 is 19.9 Å². The van der Waals surface area contributed by atoms with Crippen LogP contribution >= 0.6 is 15.9 Å². The third kappa shape index (κ3) is 4.33. The number of methoxy groups -OCH3 is 2. The van der Waals surface area contributed by atoms with E-state index in [-0.39, 0.29) is 5.75 Å². The molecule has 0 saturated heterocycles. The summed E-state index contributed by atoms with van der Waals surface area (Å²) >= 11 is 3.36. The molecule has 0 fully saturated rings. The van der Waals surface area contributed by atoms with Crippen molar-refractivity contribution in [2.45, 2.75) is 12.4 Å². The number of ether oxygens (including phenoxy) is 3. The average molecular weight is 406 g/mol. The van der Waals surface area contributed by atoms with Crippen molar-refractivity contribution < 1.29 is 27.4 Å². The molecule has 0 aliphatic heterocycles. The van der Waals surface area contributed by atoms with Crippen molar-refractivity contribution in [3.05, 3.63) is 52.0 Å². The Morgan fingerprint density at radius 2 is 1.46 bits per heavy atom. The van der Waals surface area contributed by atoms with Crippen LogP contribution in [0.25, 0.3) is 0 Å². The van der Waals surface area contributed by atoms with Gasteiger partial charge in [0.15, 0.2) is 0 Å². The van der Waals surface area contributed by atoms with E-state index in [2.05, 4.69) is 20.7 Å². The highest BCUT2D eigenvalue weighted by Gasteiger charge is 2.31. The molecule has 2 rings (SSSR count). The second kappa shape index (κ2) is 7.31. The second-order valence-corrected chi connectivity index (χ2v) is 5.63. The van der Waals surface area contributed by atoms with E-state index < -0.39 is 12.4 Å². The topological polar surface area (TPSA) is 53.7 Å². The lowest BCUT2D eigenvalue weighted by atomic mass is 9.99. The van der Waals surface area contributed by atoms with Crippen LogP contribution in [0.5, 0.6) is 17.2 Å². The maximum absolute atomic E-state index is 12.2. The Morgan fingerprint density at radius 1 is 0.958 bits per heavy atom. The van der Waals surface area contributed by atoms with Gasteiger partial charge in [-0.2, -0.15) is 0 Å². The number of rotatable bonds is 5. The van der Waals surface area contributed by atoms with E-state index in [1.54, 1.807) is 12.1 Å². The number of alkyl halides is 3. The van der Waals surface area contributed by atoms with Crippen LogP contribution in [0.2, 0.25) is 0 Å². The van der Waals surface area contributed by atoms with Crippen LogP contribution in [0, 0.1) is 0 Å². The molecule has 0 radical (unpaired) electrons. The quantitative estimate of drug-likeness (QED) is 0.799. The van der Waals surface area contributed by atoms with Crippen LogP contribution < -0.4 is 19.9 Å². The maximum Gasteiger partial charge on any atom is 0.573 e. The Bertz CT molecular complexity index is 680. The first-order valence-corrected chi connectivity index (χ1v) is 7.57. The summed E-state index contributed by atoms with van der Waals surface area (Å²) in [7, 11) is 3.02. The van der Waals surface area contributed by atoms with Gasteiger partial charge in [0.2, 0.25) is 0 Å². The summed E-state index contributed by atoms with van der Waals surface area (Å²) in [5, 5.41) is 0. The van der Waals surface area contributed by atoms with Crippen LogP contribution in [-0.2, 0) is 0 Å². The van der Waals surface area contributed by atoms with Crippen molar-refractivity contribution in [1.82, 2.24) is 0 Å². The van der Waals surface area contributed by atoms with Crippen LogP contribution in [-0.4, -0.2) is 20.6 Å². The van der Waals surface area contributed by atoms with E-state index in [0.29, 0.717) is 27.1 Å². The van der Waals surface area contributed by atoms with Gasteiger partial charge in [-0.3, -0.25) is 0 Å². The van der Waals surface area contributed by atoms with Crippen molar-refractivity contribution in [3.8, 4) is 17.2 Å². The molecule has 0 aliphatic rings. The zero-order valence-corrected chi connectivity index (χ0v) is 14.4. The largest absolute Gasteiger partial charge is 0.573 e. The summed E-state index contributed by atoms with van der Waals surface area (Å²) in [4.78, 5) is 0. The monoisotopic (exact) mass is 405 g/mol. The molecule has 0 bridgehead atoms. The van der Waals surface area contributed by atoms with Gasteiger partial charge in [0, 0.05) is 0 Å². The third-order valence-corrected chi connectivity index (χ3v) is 4.08. The summed E-state index contributed by atoms with van der Waals surface area (Å²) in [5.41, 5.74) is 7.51. The highest BCUT2D eigenvalue weighted by atomic mass is 79.9. The third-order valence-electron chi connectivity index (χ3n) is 3.30. The number of benzene rings is 2. The minimum absolute atomic E-state index is 0.301. The predicted molar refractivity (Wildman–Crippen MR) is 86.4 cm³/mol. The van der Waals surface area contributed by atoms with Crippen LogP contribution in [0.15, 0.2) is 40.9 Å². The molecule has 8 heteroatoms. The van der Waals surface area contributed by atoms with E-state index in [1.807, 2.05) is 0 Å². The molecule has 0 aromatic heterocycles. The van der Waals surface area contributed by atoms with Crippen LogP contribution in [0.1, 0.15) is 17.2 Å². The molecular weight excluding hydrogens is 391 g/mol. The lowest BCUT2D eigenvalue weighted by molar-refractivity contribution is -0.274. The number of hydrogen-bond acceptors (Lipinski definition) is 4. The molecule has 24 heavy (non-hydrogen) atoms. The predicted octanol–water partition coefficient (Wildman–Crippen LogP) is 4.41. The van der Waals surface area contributed by atoms with Gasteiger partial charge in [-0.15, -0.1) is 13.2 Å². The molecule has 2 aromatic carbocycles. The first-order valence-electron chi connectivity index (χ1n) is 6.78. The van der Waals surface area contributed by atoms with Gasteiger partial charge in [0.25, 0.3) is 0 Å². The Labute approximate surface area is 145 Å². The molecule has 0 aliphatic carbocycles. The fraction of sp³-hybridized carbons (Fsp3) is 0.250. The molecule has 0 unspecified atom stereocenters. The number of nitrogens with two attached hydrogens (primary N) is 1. The van der Waals surface area contributed by atoms with Crippen molar-refractivity contribution in [3.63, 3.8) is 0 Å². The highest BCUT2D eigenvalue weighted by Crippen LogP contribution is 2.38. The van der Waals surface area contributed by atoms with Crippen molar-refractivity contribution >= 4 is 15.9 Å². The molecule has 2 aromatic rings. The van der Waals surface area contributed by atoms with Crippen molar-refractivity contribution in [2.75, 3.05) is 14.2 Å². The Hall–Kier alpha value is -1.93.